The van der Waals surface area contributed by atoms with Gasteiger partial charge in [-0.3, -0.25) is 4.98 Å². The highest BCUT2D eigenvalue weighted by Crippen LogP contribution is 2.18. The first-order chi connectivity index (χ1) is 14.0. The minimum atomic E-state index is 0.702. The van der Waals surface area contributed by atoms with Gasteiger partial charge in [0.1, 0.15) is 0 Å². The second-order valence-corrected chi connectivity index (χ2v) is 7.37. The number of allylic oxidation sites excluding steroid dienone is 2. The van der Waals surface area contributed by atoms with Crippen LogP contribution in [0.15, 0.2) is 67.1 Å². The van der Waals surface area contributed by atoms with Gasteiger partial charge in [-0.2, -0.15) is 0 Å². The van der Waals surface area contributed by atoms with Crippen LogP contribution in [-0.4, -0.2) is 43.1 Å². The fourth-order valence-electron chi connectivity index (χ4n) is 3.46. The molecule has 2 aromatic rings. The number of aromatic nitrogens is 1. The summed E-state index contributed by atoms with van der Waals surface area (Å²) in [6.07, 6.45) is 4.70. The van der Waals surface area contributed by atoms with Crippen molar-refractivity contribution < 1.29 is 0 Å². The first-order valence-corrected chi connectivity index (χ1v) is 10.2. The highest BCUT2D eigenvalue weighted by molar-refractivity contribution is 5.45. The van der Waals surface area contributed by atoms with Gasteiger partial charge in [0.05, 0.1) is 11.9 Å². The van der Waals surface area contributed by atoms with E-state index in [1.165, 1.54) is 23.9 Å². The number of hydrogen-bond acceptors (Lipinski definition) is 5. The maximum absolute atomic E-state index is 5.67. The lowest BCUT2D eigenvalue weighted by atomic mass is 10.0. The first-order valence-electron chi connectivity index (χ1n) is 10.2. The van der Waals surface area contributed by atoms with Crippen LogP contribution in [0.5, 0.6) is 0 Å². The zero-order valence-electron chi connectivity index (χ0n) is 17.9. The summed E-state index contributed by atoms with van der Waals surface area (Å²) in [5.74, 6) is 0. The molecule has 0 atom stereocenters. The van der Waals surface area contributed by atoms with E-state index in [4.69, 9.17) is 5.73 Å². The van der Waals surface area contributed by atoms with E-state index in [1.807, 2.05) is 6.20 Å². The van der Waals surface area contributed by atoms with Gasteiger partial charge < -0.3 is 21.3 Å². The number of anilines is 1. The van der Waals surface area contributed by atoms with Gasteiger partial charge >= 0.3 is 0 Å². The van der Waals surface area contributed by atoms with Gasteiger partial charge in [0.2, 0.25) is 0 Å². The van der Waals surface area contributed by atoms with Crippen LogP contribution >= 0.6 is 0 Å². The molecule has 0 spiro atoms. The largest absolute Gasteiger partial charge is 0.402 e. The Hall–Kier alpha value is -2.79. The Balaban J connectivity index is 0.00000145. The molecule has 29 heavy (non-hydrogen) atoms. The Morgan fingerprint density at radius 1 is 0.931 bits per heavy atom. The van der Waals surface area contributed by atoms with Crippen LogP contribution in [0, 0.1) is 0 Å². The van der Waals surface area contributed by atoms with Gasteiger partial charge in [-0.1, -0.05) is 37.4 Å². The molecular weight excluding hydrogens is 358 g/mol. The molecule has 1 aromatic carbocycles. The van der Waals surface area contributed by atoms with Crippen LogP contribution in [0.4, 0.5) is 5.69 Å². The van der Waals surface area contributed by atoms with Crippen molar-refractivity contribution in [1.82, 2.24) is 9.88 Å². The summed E-state index contributed by atoms with van der Waals surface area (Å²) in [7, 11) is 1.50. The summed E-state index contributed by atoms with van der Waals surface area (Å²) < 4.78 is 0. The normalized spacial score (nSPS) is 13.5. The molecule has 3 rings (SSSR count). The van der Waals surface area contributed by atoms with Gasteiger partial charge in [0.25, 0.3) is 0 Å². The number of pyridine rings is 1. The predicted molar refractivity (Wildman–Crippen MR) is 124 cm³/mol. The summed E-state index contributed by atoms with van der Waals surface area (Å²) >= 11 is 0. The van der Waals surface area contributed by atoms with Crippen molar-refractivity contribution in [2.24, 2.45) is 11.5 Å². The molecule has 0 aliphatic carbocycles. The van der Waals surface area contributed by atoms with E-state index in [0.717, 1.165) is 56.8 Å². The zero-order valence-corrected chi connectivity index (χ0v) is 17.9. The molecule has 1 aromatic heterocycles. The van der Waals surface area contributed by atoms with E-state index in [0.29, 0.717) is 5.70 Å². The second kappa shape index (κ2) is 11.3. The number of benzene rings is 1. The third kappa shape index (κ3) is 6.95. The lowest BCUT2D eigenvalue weighted by molar-refractivity contribution is 0.323. The second-order valence-electron chi connectivity index (χ2n) is 7.37. The molecule has 1 aliphatic heterocycles. The quantitative estimate of drug-likeness (QED) is 0.756. The number of piperazine rings is 1. The fourth-order valence-corrected chi connectivity index (χ4v) is 3.46. The van der Waals surface area contributed by atoms with Crippen LogP contribution in [0.1, 0.15) is 23.7 Å². The SMILES string of the molecule is C=C(N)Cc1ccc(CCc2ccc(N3CCN(C(=C)C)CC3)cn2)cc1.CN. The van der Waals surface area contributed by atoms with Crippen LogP contribution in [-0.2, 0) is 19.3 Å². The molecule has 0 radical (unpaired) electrons. The van der Waals surface area contributed by atoms with Crippen molar-refractivity contribution in [1.29, 1.82) is 0 Å². The van der Waals surface area contributed by atoms with E-state index in [9.17, 15) is 0 Å². The lowest BCUT2D eigenvalue weighted by Gasteiger charge is -2.37. The van der Waals surface area contributed by atoms with Gasteiger partial charge in [0.15, 0.2) is 0 Å². The third-order valence-corrected chi connectivity index (χ3v) is 5.12. The van der Waals surface area contributed by atoms with Gasteiger partial charge in [-0.05, 0) is 50.1 Å². The minimum Gasteiger partial charge on any atom is -0.402 e. The number of hydrogen-bond donors (Lipinski definition) is 2. The van der Waals surface area contributed by atoms with Crippen molar-refractivity contribution >= 4 is 5.69 Å². The Kier molecular flexibility index (Phi) is 8.74. The van der Waals surface area contributed by atoms with E-state index in [2.05, 4.69) is 77.0 Å². The molecule has 4 N–H and O–H groups in total. The van der Waals surface area contributed by atoms with Crippen LogP contribution in [0.2, 0.25) is 0 Å². The minimum absolute atomic E-state index is 0.702. The molecule has 1 fully saturated rings. The molecule has 5 nitrogen and oxygen atoms in total. The van der Waals surface area contributed by atoms with Crippen molar-refractivity contribution in [3.63, 3.8) is 0 Å². The smallest absolute Gasteiger partial charge is 0.0554 e. The number of nitrogens with zero attached hydrogens (tertiary/aromatic N) is 3. The summed E-state index contributed by atoms with van der Waals surface area (Å²) in [5, 5.41) is 0. The van der Waals surface area contributed by atoms with Gasteiger partial charge in [-0.15, -0.1) is 0 Å². The summed E-state index contributed by atoms with van der Waals surface area (Å²) in [6.45, 7) is 14.0. The number of nitrogens with two attached hydrogens (primary N) is 2. The van der Waals surface area contributed by atoms with Crippen molar-refractivity contribution in [3.05, 3.63) is 84.0 Å². The monoisotopic (exact) mass is 393 g/mol. The van der Waals surface area contributed by atoms with Gasteiger partial charge in [0, 0.05) is 49.7 Å². The van der Waals surface area contributed by atoms with Crippen LogP contribution in [0.3, 0.4) is 0 Å². The molecule has 156 valence electrons. The van der Waals surface area contributed by atoms with E-state index >= 15 is 0 Å². The van der Waals surface area contributed by atoms with Crippen molar-refractivity contribution in [3.8, 4) is 0 Å². The number of aryl methyl sites for hydroxylation is 2. The number of rotatable bonds is 7. The molecule has 1 saturated heterocycles. The standard InChI is InChI=1S/C23H30N4.CH5N/c1-18(2)26-12-14-27(15-13-26)23-11-10-22(25-17-23)9-8-20-4-6-21(7-5-20)16-19(3)24;1-2/h4-7,10-11,17H,1,3,8-9,12-16,24H2,2H3;2H2,1H3. The first kappa shape index (κ1) is 22.5. The molecule has 5 heteroatoms. The summed E-state index contributed by atoms with van der Waals surface area (Å²) in [4.78, 5) is 9.42. The average Bonchev–Trinajstić information content (AvgIpc) is 2.75. The molecule has 0 saturated carbocycles. The van der Waals surface area contributed by atoms with E-state index in [-0.39, 0.29) is 0 Å². The Bertz CT molecular complexity index is 772. The zero-order chi connectivity index (χ0) is 21.2. The Morgan fingerprint density at radius 3 is 2.07 bits per heavy atom. The van der Waals surface area contributed by atoms with Gasteiger partial charge in [-0.25, -0.2) is 0 Å². The topological polar surface area (TPSA) is 71.4 Å². The summed E-state index contributed by atoms with van der Waals surface area (Å²) in [5.41, 5.74) is 16.9. The molecule has 1 aliphatic rings. The lowest BCUT2D eigenvalue weighted by Crippen LogP contribution is -2.45. The molecule has 0 bridgehead atoms. The fraction of sp³-hybridized carbons (Fsp3) is 0.375. The molecule has 0 amide bonds. The Morgan fingerprint density at radius 2 is 1.55 bits per heavy atom. The van der Waals surface area contributed by atoms with E-state index < -0.39 is 0 Å². The van der Waals surface area contributed by atoms with E-state index in [1.54, 1.807) is 0 Å². The van der Waals surface area contributed by atoms with Crippen molar-refractivity contribution in [2.75, 3.05) is 38.1 Å². The molecule has 2 heterocycles. The van der Waals surface area contributed by atoms with Crippen LogP contribution in [0.25, 0.3) is 0 Å². The highest BCUT2D eigenvalue weighted by Gasteiger charge is 2.16. The highest BCUT2D eigenvalue weighted by atomic mass is 15.3. The maximum Gasteiger partial charge on any atom is 0.0554 e. The average molecular weight is 394 g/mol. The molecular formula is C24H35N5. The maximum atomic E-state index is 5.67. The van der Waals surface area contributed by atoms with Crippen LogP contribution < -0.4 is 16.4 Å². The summed E-state index contributed by atoms with van der Waals surface area (Å²) in [6, 6.07) is 13.0. The van der Waals surface area contributed by atoms with Crippen molar-refractivity contribution in [2.45, 2.75) is 26.2 Å². The third-order valence-electron chi connectivity index (χ3n) is 5.12. The predicted octanol–water partition coefficient (Wildman–Crippen LogP) is 3.11. The molecule has 0 unspecified atom stereocenters. The Labute approximate surface area is 175 Å².